The van der Waals surface area contributed by atoms with E-state index in [1.165, 1.54) is 0 Å². The van der Waals surface area contributed by atoms with E-state index in [2.05, 4.69) is 5.32 Å². The number of anilines is 1. The average molecular weight is 290 g/mol. The number of benzene rings is 1. The predicted octanol–water partition coefficient (Wildman–Crippen LogP) is 2.98. The zero-order valence-corrected chi connectivity index (χ0v) is 12.4. The van der Waals surface area contributed by atoms with Crippen LogP contribution in [0, 0.1) is 12.3 Å². The van der Waals surface area contributed by atoms with Crippen molar-refractivity contribution in [2.24, 2.45) is 11.1 Å². The van der Waals surface area contributed by atoms with Crippen molar-refractivity contribution in [3.05, 3.63) is 29.8 Å². The number of ether oxygens (including phenoxy) is 1. The number of nitrogens with one attached hydrogen (secondary N) is 1. The molecule has 0 spiro atoms. The first-order chi connectivity index (χ1) is 10.0. The Hall–Kier alpha value is -2.04. The van der Waals surface area contributed by atoms with Crippen LogP contribution >= 0.6 is 0 Å². The van der Waals surface area contributed by atoms with E-state index in [1.54, 1.807) is 0 Å². The molecule has 1 aliphatic rings. The fourth-order valence-corrected chi connectivity index (χ4v) is 2.84. The van der Waals surface area contributed by atoms with Gasteiger partial charge in [-0.1, -0.05) is 37.5 Å². The molecule has 5 nitrogen and oxygen atoms in total. The van der Waals surface area contributed by atoms with Crippen LogP contribution in [0.15, 0.2) is 24.3 Å². The van der Waals surface area contributed by atoms with Crippen LogP contribution in [0.1, 0.15) is 37.7 Å². The van der Waals surface area contributed by atoms with Gasteiger partial charge in [-0.25, -0.2) is 4.79 Å². The third kappa shape index (κ3) is 3.74. The van der Waals surface area contributed by atoms with Gasteiger partial charge in [0.1, 0.15) is 6.61 Å². The summed E-state index contributed by atoms with van der Waals surface area (Å²) < 4.78 is 4.95. The van der Waals surface area contributed by atoms with Gasteiger partial charge >= 0.3 is 6.09 Å². The number of aryl methyl sites for hydroxylation is 1. The van der Waals surface area contributed by atoms with E-state index in [-0.39, 0.29) is 12.5 Å². The Balaban J connectivity index is 2.14. The van der Waals surface area contributed by atoms with Crippen LogP contribution in [-0.2, 0) is 9.53 Å². The van der Waals surface area contributed by atoms with Crippen LogP contribution in [0.5, 0.6) is 0 Å². The molecule has 0 aliphatic heterocycles. The summed E-state index contributed by atoms with van der Waals surface area (Å²) in [6.45, 7) is 2.00. The number of carbonyl (C=O) groups is 2. The van der Waals surface area contributed by atoms with Crippen molar-refractivity contribution in [3.63, 3.8) is 0 Å². The highest BCUT2D eigenvalue weighted by Gasteiger charge is 2.40. The van der Waals surface area contributed by atoms with Gasteiger partial charge in [0, 0.05) is 5.69 Å². The molecule has 0 aromatic heterocycles. The van der Waals surface area contributed by atoms with Crippen molar-refractivity contribution in [2.45, 2.75) is 39.0 Å². The van der Waals surface area contributed by atoms with E-state index in [9.17, 15) is 9.59 Å². The molecule has 0 radical (unpaired) electrons. The summed E-state index contributed by atoms with van der Waals surface area (Å²) >= 11 is 0. The molecule has 21 heavy (non-hydrogen) atoms. The predicted molar refractivity (Wildman–Crippen MR) is 80.9 cm³/mol. The van der Waals surface area contributed by atoms with E-state index < -0.39 is 11.5 Å². The van der Waals surface area contributed by atoms with Gasteiger partial charge in [-0.15, -0.1) is 0 Å². The second kappa shape index (κ2) is 6.61. The average Bonchev–Trinajstić information content (AvgIpc) is 2.48. The Kier molecular flexibility index (Phi) is 4.83. The van der Waals surface area contributed by atoms with Gasteiger partial charge < -0.3 is 15.8 Å². The van der Waals surface area contributed by atoms with Gasteiger partial charge in [0.15, 0.2) is 0 Å². The summed E-state index contributed by atoms with van der Waals surface area (Å²) in [7, 11) is 0. The van der Waals surface area contributed by atoms with Gasteiger partial charge in [0.05, 0.1) is 5.41 Å². The number of amides is 2. The van der Waals surface area contributed by atoms with Gasteiger partial charge in [-0.2, -0.15) is 0 Å². The Morgan fingerprint density at radius 2 is 1.90 bits per heavy atom. The molecule has 1 saturated carbocycles. The second-order valence-electron chi connectivity index (χ2n) is 5.72. The maximum absolute atomic E-state index is 12.7. The van der Waals surface area contributed by atoms with Crippen LogP contribution in [0.25, 0.3) is 0 Å². The van der Waals surface area contributed by atoms with E-state index in [4.69, 9.17) is 10.5 Å². The van der Waals surface area contributed by atoms with Crippen molar-refractivity contribution in [1.29, 1.82) is 0 Å². The zero-order chi connectivity index (χ0) is 15.3. The standard InChI is InChI=1S/C16H22N2O3/c1-12-7-3-4-8-13(12)18-14(19)16(11-21-15(17)20)9-5-2-6-10-16/h3-4,7-8H,2,5-6,9-11H2,1H3,(H2,17,20)(H,18,19). The first-order valence-electron chi connectivity index (χ1n) is 7.33. The van der Waals surface area contributed by atoms with Gasteiger partial charge in [-0.05, 0) is 31.4 Å². The molecule has 1 aliphatic carbocycles. The number of primary amides is 1. The Morgan fingerprint density at radius 3 is 2.52 bits per heavy atom. The van der Waals surface area contributed by atoms with Crippen LogP contribution in [0.3, 0.4) is 0 Å². The lowest BCUT2D eigenvalue weighted by Crippen LogP contribution is -2.43. The molecule has 0 heterocycles. The van der Waals surface area contributed by atoms with Gasteiger partial charge in [0.25, 0.3) is 0 Å². The Bertz CT molecular complexity index is 522. The fraction of sp³-hybridized carbons (Fsp3) is 0.500. The number of hydrogen-bond donors (Lipinski definition) is 2. The molecule has 1 aromatic rings. The monoisotopic (exact) mass is 290 g/mol. The molecule has 0 saturated heterocycles. The number of para-hydroxylation sites is 1. The van der Waals surface area contributed by atoms with E-state index >= 15 is 0 Å². The molecule has 114 valence electrons. The summed E-state index contributed by atoms with van der Waals surface area (Å²) in [5.41, 5.74) is 6.20. The summed E-state index contributed by atoms with van der Waals surface area (Å²) in [6.07, 6.45) is 3.64. The molecule has 1 fully saturated rings. The lowest BCUT2D eigenvalue weighted by Gasteiger charge is -2.35. The lowest BCUT2D eigenvalue weighted by molar-refractivity contribution is -0.130. The molecule has 5 heteroatoms. The molecule has 2 amide bonds. The van der Waals surface area contributed by atoms with E-state index in [0.29, 0.717) is 0 Å². The quantitative estimate of drug-likeness (QED) is 0.894. The molecule has 0 bridgehead atoms. The van der Waals surface area contributed by atoms with Crippen LogP contribution in [0.2, 0.25) is 0 Å². The summed E-state index contributed by atoms with van der Waals surface area (Å²) in [5, 5.41) is 2.97. The Morgan fingerprint density at radius 1 is 1.24 bits per heavy atom. The maximum atomic E-state index is 12.7. The fourth-order valence-electron chi connectivity index (χ4n) is 2.84. The summed E-state index contributed by atoms with van der Waals surface area (Å²) in [4.78, 5) is 23.6. The van der Waals surface area contributed by atoms with Gasteiger partial charge in [0.2, 0.25) is 5.91 Å². The Labute approximate surface area is 124 Å². The third-order valence-corrected chi connectivity index (χ3v) is 4.18. The molecular formula is C16H22N2O3. The molecule has 0 unspecified atom stereocenters. The van der Waals surface area contributed by atoms with Crippen molar-refractivity contribution in [2.75, 3.05) is 11.9 Å². The summed E-state index contributed by atoms with van der Waals surface area (Å²) in [5.74, 6) is -0.0854. The maximum Gasteiger partial charge on any atom is 0.404 e. The normalized spacial score (nSPS) is 17.0. The second-order valence-corrected chi connectivity index (χ2v) is 5.72. The minimum absolute atomic E-state index is 0.0556. The molecule has 1 aromatic carbocycles. The van der Waals surface area contributed by atoms with Crippen LogP contribution in [-0.4, -0.2) is 18.6 Å². The molecule has 2 rings (SSSR count). The molecule has 0 atom stereocenters. The smallest absolute Gasteiger partial charge is 0.404 e. The number of rotatable bonds is 4. The van der Waals surface area contributed by atoms with Crippen molar-refractivity contribution >= 4 is 17.7 Å². The largest absolute Gasteiger partial charge is 0.449 e. The minimum Gasteiger partial charge on any atom is -0.449 e. The highest BCUT2D eigenvalue weighted by molar-refractivity contribution is 5.96. The minimum atomic E-state index is -0.830. The van der Waals surface area contributed by atoms with Crippen molar-refractivity contribution < 1.29 is 14.3 Å². The highest BCUT2D eigenvalue weighted by Crippen LogP contribution is 2.38. The number of nitrogens with two attached hydrogens (primary N) is 1. The summed E-state index contributed by atoms with van der Waals surface area (Å²) in [6, 6.07) is 7.63. The highest BCUT2D eigenvalue weighted by atomic mass is 16.5. The zero-order valence-electron chi connectivity index (χ0n) is 12.4. The van der Waals surface area contributed by atoms with E-state index in [1.807, 2.05) is 31.2 Å². The lowest BCUT2D eigenvalue weighted by atomic mass is 9.74. The molecule has 3 N–H and O–H groups in total. The van der Waals surface area contributed by atoms with Gasteiger partial charge in [-0.3, -0.25) is 4.79 Å². The third-order valence-electron chi connectivity index (χ3n) is 4.18. The van der Waals surface area contributed by atoms with Crippen LogP contribution < -0.4 is 11.1 Å². The first-order valence-corrected chi connectivity index (χ1v) is 7.33. The molecular weight excluding hydrogens is 268 g/mol. The number of carbonyl (C=O) groups excluding carboxylic acids is 2. The van der Waals surface area contributed by atoms with E-state index in [0.717, 1.165) is 43.4 Å². The number of hydrogen-bond acceptors (Lipinski definition) is 3. The van der Waals surface area contributed by atoms with Crippen molar-refractivity contribution in [3.8, 4) is 0 Å². The van der Waals surface area contributed by atoms with Crippen molar-refractivity contribution in [1.82, 2.24) is 0 Å². The SMILES string of the molecule is Cc1ccccc1NC(=O)C1(COC(N)=O)CCCCC1. The van der Waals surface area contributed by atoms with Crippen LogP contribution in [0.4, 0.5) is 10.5 Å². The topological polar surface area (TPSA) is 81.4 Å². The first kappa shape index (κ1) is 15.4.